The molecule has 1 aromatic heterocycles. The van der Waals surface area contributed by atoms with E-state index in [1.54, 1.807) is 11.3 Å². The number of nitrogens with zero attached hydrogens (tertiary/aromatic N) is 4. The predicted octanol–water partition coefficient (Wildman–Crippen LogP) is 1.15. The second kappa shape index (κ2) is 8.10. The zero-order chi connectivity index (χ0) is 18.7. The van der Waals surface area contributed by atoms with Gasteiger partial charge in [0.05, 0.1) is 5.75 Å². The van der Waals surface area contributed by atoms with E-state index in [-0.39, 0.29) is 30.0 Å². The lowest BCUT2D eigenvalue weighted by atomic mass is 9.99. The van der Waals surface area contributed by atoms with Crippen LogP contribution in [0.1, 0.15) is 55.0 Å². The van der Waals surface area contributed by atoms with Gasteiger partial charge in [0.25, 0.3) is 0 Å². The van der Waals surface area contributed by atoms with Gasteiger partial charge in [0.1, 0.15) is 10.0 Å². The summed E-state index contributed by atoms with van der Waals surface area (Å²) in [6, 6.07) is 0. The first-order valence-corrected chi connectivity index (χ1v) is 11.5. The SMILES string of the molecule is CCc1nnc(C2CCN(S(=O)(=O)CCN3C(=O)CCCC3=O)CC2)s1. The molecule has 0 aromatic carbocycles. The van der Waals surface area contributed by atoms with Crippen LogP contribution in [0, 0.1) is 0 Å². The highest BCUT2D eigenvalue weighted by molar-refractivity contribution is 7.89. The summed E-state index contributed by atoms with van der Waals surface area (Å²) in [5.41, 5.74) is 0. The molecule has 2 fully saturated rings. The van der Waals surface area contributed by atoms with Crippen LogP contribution in [0.5, 0.6) is 0 Å². The highest BCUT2D eigenvalue weighted by atomic mass is 32.2. The van der Waals surface area contributed by atoms with E-state index in [2.05, 4.69) is 10.2 Å². The minimum atomic E-state index is -3.48. The lowest BCUT2D eigenvalue weighted by Gasteiger charge is -2.31. The van der Waals surface area contributed by atoms with Crippen molar-refractivity contribution in [1.82, 2.24) is 19.4 Å². The van der Waals surface area contributed by atoms with Crippen LogP contribution in [0.3, 0.4) is 0 Å². The summed E-state index contributed by atoms with van der Waals surface area (Å²) < 4.78 is 26.6. The molecule has 144 valence electrons. The third kappa shape index (κ3) is 4.29. The van der Waals surface area contributed by atoms with Crippen LogP contribution in [-0.2, 0) is 26.0 Å². The van der Waals surface area contributed by atoms with Gasteiger partial charge in [0.15, 0.2) is 0 Å². The molecule has 2 aliphatic heterocycles. The summed E-state index contributed by atoms with van der Waals surface area (Å²) in [5, 5.41) is 10.4. The van der Waals surface area contributed by atoms with E-state index >= 15 is 0 Å². The maximum absolute atomic E-state index is 12.6. The van der Waals surface area contributed by atoms with Crippen molar-refractivity contribution >= 4 is 33.2 Å². The first-order valence-electron chi connectivity index (χ1n) is 9.04. The molecular weight excluding hydrogens is 376 g/mol. The molecule has 2 aliphatic rings. The normalized spacial score (nSPS) is 20.7. The van der Waals surface area contributed by atoms with Crippen LogP contribution >= 0.6 is 11.3 Å². The zero-order valence-electron chi connectivity index (χ0n) is 14.9. The number of piperidine rings is 2. The van der Waals surface area contributed by atoms with Crippen molar-refractivity contribution in [2.24, 2.45) is 0 Å². The molecule has 1 aromatic rings. The predicted molar refractivity (Wildman–Crippen MR) is 97.2 cm³/mol. The molecule has 0 unspecified atom stereocenters. The molecule has 2 amide bonds. The Hall–Kier alpha value is -1.39. The topological polar surface area (TPSA) is 101 Å². The van der Waals surface area contributed by atoms with Gasteiger partial charge in [-0.3, -0.25) is 14.5 Å². The van der Waals surface area contributed by atoms with E-state index < -0.39 is 10.0 Å². The van der Waals surface area contributed by atoms with Gasteiger partial charge >= 0.3 is 0 Å². The maximum atomic E-state index is 12.6. The van der Waals surface area contributed by atoms with Crippen molar-refractivity contribution < 1.29 is 18.0 Å². The summed E-state index contributed by atoms with van der Waals surface area (Å²) in [5.74, 6) is -0.477. The average Bonchev–Trinajstić information content (AvgIpc) is 3.10. The molecule has 3 rings (SSSR count). The first-order chi connectivity index (χ1) is 12.4. The smallest absolute Gasteiger partial charge is 0.229 e. The van der Waals surface area contributed by atoms with Crippen molar-refractivity contribution in [3.8, 4) is 0 Å². The Kier molecular flexibility index (Phi) is 6.03. The average molecular weight is 401 g/mol. The summed E-state index contributed by atoms with van der Waals surface area (Å²) in [6.45, 7) is 2.87. The molecular formula is C16H24N4O4S2. The Morgan fingerprint density at radius 1 is 1.12 bits per heavy atom. The van der Waals surface area contributed by atoms with Gasteiger partial charge in [-0.1, -0.05) is 6.92 Å². The van der Waals surface area contributed by atoms with Crippen LogP contribution in [0.2, 0.25) is 0 Å². The Labute approximate surface area is 157 Å². The van der Waals surface area contributed by atoms with Gasteiger partial charge in [0, 0.05) is 38.4 Å². The van der Waals surface area contributed by atoms with E-state index in [1.165, 1.54) is 4.31 Å². The molecule has 0 aliphatic carbocycles. The number of hydrogen-bond acceptors (Lipinski definition) is 7. The fourth-order valence-electron chi connectivity index (χ4n) is 3.34. The van der Waals surface area contributed by atoms with Gasteiger partial charge in [-0.25, -0.2) is 12.7 Å². The molecule has 3 heterocycles. The summed E-state index contributed by atoms with van der Waals surface area (Å²) in [7, 11) is -3.48. The third-order valence-electron chi connectivity index (χ3n) is 4.94. The Balaban J connectivity index is 1.54. The number of amides is 2. The number of hydrogen-bond donors (Lipinski definition) is 0. The van der Waals surface area contributed by atoms with E-state index in [1.807, 2.05) is 6.92 Å². The molecule has 0 spiro atoms. The zero-order valence-corrected chi connectivity index (χ0v) is 16.5. The van der Waals surface area contributed by atoms with Crippen LogP contribution in [0.4, 0.5) is 0 Å². The fourth-order valence-corrected chi connectivity index (χ4v) is 5.73. The van der Waals surface area contributed by atoms with Crippen molar-refractivity contribution in [2.45, 2.75) is 51.4 Å². The number of carbonyl (C=O) groups excluding carboxylic acids is 2. The third-order valence-corrected chi connectivity index (χ3v) is 8.02. The fraction of sp³-hybridized carbons (Fsp3) is 0.750. The number of aryl methyl sites for hydroxylation is 1. The van der Waals surface area contributed by atoms with E-state index in [4.69, 9.17) is 0 Å². The number of aromatic nitrogens is 2. The van der Waals surface area contributed by atoms with Crippen LogP contribution in [0.25, 0.3) is 0 Å². The summed E-state index contributed by atoms with van der Waals surface area (Å²) in [4.78, 5) is 24.7. The Morgan fingerprint density at radius 2 is 1.77 bits per heavy atom. The number of sulfonamides is 1. The van der Waals surface area contributed by atoms with Gasteiger partial charge in [0.2, 0.25) is 21.8 Å². The number of carbonyl (C=O) groups is 2. The summed E-state index contributed by atoms with van der Waals surface area (Å²) >= 11 is 1.61. The lowest BCUT2D eigenvalue weighted by molar-refractivity contribution is -0.147. The molecule has 0 radical (unpaired) electrons. The van der Waals surface area contributed by atoms with Gasteiger partial charge < -0.3 is 0 Å². The number of rotatable bonds is 6. The Morgan fingerprint density at radius 3 is 2.35 bits per heavy atom. The standard InChI is InChI=1S/C16H24N4O4S2/c1-2-13-17-18-16(25-13)12-6-8-19(9-7-12)26(23,24)11-10-20-14(21)4-3-5-15(20)22/h12H,2-11H2,1H3. The molecule has 0 N–H and O–H groups in total. The lowest BCUT2D eigenvalue weighted by Crippen LogP contribution is -2.46. The van der Waals surface area contributed by atoms with Gasteiger partial charge in [-0.15, -0.1) is 21.5 Å². The highest BCUT2D eigenvalue weighted by Gasteiger charge is 2.32. The van der Waals surface area contributed by atoms with Crippen molar-refractivity contribution in [3.63, 3.8) is 0 Å². The number of imide groups is 1. The van der Waals surface area contributed by atoms with Crippen LogP contribution in [-0.4, -0.2) is 65.0 Å². The van der Waals surface area contributed by atoms with E-state index in [9.17, 15) is 18.0 Å². The maximum Gasteiger partial charge on any atom is 0.229 e. The molecule has 0 bridgehead atoms. The first kappa shape index (κ1) is 19.4. The number of likely N-dealkylation sites (tertiary alicyclic amines) is 1. The molecule has 26 heavy (non-hydrogen) atoms. The monoisotopic (exact) mass is 400 g/mol. The molecule has 0 saturated carbocycles. The second-order valence-electron chi connectivity index (χ2n) is 6.67. The quantitative estimate of drug-likeness (QED) is 0.664. The largest absolute Gasteiger partial charge is 0.282 e. The van der Waals surface area contributed by atoms with Gasteiger partial charge in [-0.2, -0.15) is 0 Å². The molecule has 2 saturated heterocycles. The van der Waals surface area contributed by atoms with Crippen LogP contribution in [0.15, 0.2) is 0 Å². The molecule has 0 atom stereocenters. The van der Waals surface area contributed by atoms with Crippen molar-refractivity contribution in [3.05, 3.63) is 10.0 Å². The minimum Gasteiger partial charge on any atom is -0.282 e. The molecule has 8 nitrogen and oxygen atoms in total. The Bertz CT molecular complexity index is 753. The van der Waals surface area contributed by atoms with Crippen LogP contribution < -0.4 is 0 Å². The van der Waals surface area contributed by atoms with Crippen molar-refractivity contribution in [2.75, 3.05) is 25.4 Å². The molecule has 10 heteroatoms. The summed E-state index contributed by atoms with van der Waals surface area (Å²) in [6.07, 6.45) is 3.49. The van der Waals surface area contributed by atoms with Gasteiger partial charge in [-0.05, 0) is 25.7 Å². The highest BCUT2D eigenvalue weighted by Crippen LogP contribution is 2.31. The van der Waals surface area contributed by atoms with E-state index in [0.29, 0.717) is 32.4 Å². The van der Waals surface area contributed by atoms with E-state index in [0.717, 1.165) is 34.2 Å². The van der Waals surface area contributed by atoms with Crippen molar-refractivity contribution in [1.29, 1.82) is 0 Å². The second-order valence-corrected chi connectivity index (χ2v) is 9.85. The minimum absolute atomic E-state index is 0.0454.